The van der Waals surface area contributed by atoms with E-state index in [9.17, 15) is 9.59 Å². The van der Waals surface area contributed by atoms with Crippen LogP contribution in [0.1, 0.15) is 19.4 Å². The van der Waals surface area contributed by atoms with Gasteiger partial charge in [-0.25, -0.2) is 0 Å². The molecule has 0 bridgehead atoms. The number of hydrogen-bond acceptors (Lipinski definition) is 2. The predicted molar refractivity (Wildman–Crippen MR) is 72.5 cm³/mol. The average Bonchev–Trinajstić information content (AvgIpc) is 2.29. The van der Waals surface area contributed by atoms with E-state index in [0.29, 0.717) is 12.2 Å². The number of nitrogens with zero attached hydrogens (tertiary/aromatic N) is 1. The molecule has 0 saturated carbocycles. The summed E-state index contributed by atoms with van der Waals surface area (Å²) in [6.07, 6.45) is 0. The van der Waals surface area contributed by atoms with Gasteiger partial charge in [0.05, 0.1) is 0 Å². The van der Waals surface area contributed by atoms with Gasteiger partial charge in [-0.2, -0.15) is 0 Å². The molecule has 1 unspecified atom stereocenters. The molecule has 98 valence electrons. The maximum absolute atomic E-state index is 11.4. The molecule has 0 aliphatic rings. The number of nitrogens with one attached hydrogen (secondary N) is 1. The van der Waals surface area contributed by atoms with Crippen molar-refractivity contribution in [2.45, 2.75) is 25.8 Å². The molecule has 0 aliphatic heterocycles. The Morgan fingerprint density at radius 1 is 1.44 bits per heavy atom. The summed E-state index contributed by atoms with van der Waals surface area (Å²) in [4.78, 5) is 24.2. The minimum absolute atomic E-state index is 0.00109. The SMILES string of the molecule is CC(=O)N(C)Cc1cccc(NC(=O)C(C)Cl)c1. The molecule has 1 atom stereocenters. The van der Waals surface area contributed by atoms with Crippen LogP contribution in [0.5, 0.6) is 0 Å². The molecule has 1 aromatic rings. The second-order valence-electron chi connectivity index (χ2n) is 4.18. The first-order valence-corrected chi connectivity index (χ1v) is 6.09. The van der Waals surface area contributed by atoms with Crippen LogP contribution in [-0.4, -0.2) is 29.1 Å². The number of carbonyl (C=O) groups is 2. The summed E-state index contributed by atoms with van der Waals surface area (Å²) < 4.78 is 0. The molecule has 1 rings (SSSR count). The van der Waals surface area contributed by atoms with E-state index in [4.69, 9.17) is 11.6 Å². The van der Waals surface area contributed by atoms with Crippen molar-refractivity contribution in [1.29, 1.82) is 0 Å². The first-order chi connectivity index (χ1) is 8.40. The Bertz CT molecular complexity index is 446. The van der Waals surface area contributed by atoms with Gasteiger partial charge in [-0.05, 0) is 24.6 Å². The Hall–Kier alpha value is -1.55. The van der Waals surface area contributed by atoms with Crippen LogP contribution >= 0.6 is 11.6 Å². The van der Waals surface area contributed by atoms with E-state index in [2.05, 4.69) is 5.32 Å². The van der Waals surface area contributed by atoms with E-state index in [1.807, 2.05) is 18.2 Å². The van der Waals surface area contributed by atoms with E-state index in [0.717, 1.165) is 5.56 Å². The molecule has 4 nitrogen and oxygen atoms in total. The lowest BCUT2D eigenvalue weighted by atomic mass is 10.2. The lowest BCUT2D eigenvalue weighted by molar-refractivity contribution is -0.128. The summed E-state index contributed by atoms with van der Waals surface area (Å²) in [6.45, 7) is 3.64. The monoisotopic (exact) mass is 268 g/mol. The van der Waals surface area contributed by atoms with Gasteiger partial charge in [0, 0.05) is 26.2 Å². The van der Waals surface area contributed by atoms with Gasteiger partial charge in [-0.15, -0.1) is 11.6 Å². The van der Waals surface area contributed by atoms with Crippen molar-refractivity contribution in [3.63, 3.8) is 0 Å². The molecule has 0 aromatic heterocycles. The second kappa shape index (κ2) is 6.40. The van der Waals surface area contributed by atoms with Gasteiger partial charge < -0.3 is 10.2 Å². The Labute approximate surface area is 112 Å². The van der Waals surface area contributed by atoms with Gasteiger partial charge in [-0.1, -0.05) is 12.1 Å². The number of amides is 2. The summed E-state index contributed by atoms with van der Waals surface area (Å²) in [5, 5.41) is 2.13. The van der Waals surface area contributed by atoms with Crippen molar-refractivity contribution < 1.29 is 9.59 Å². The van der Waals surface area contributed by atoms with E-state index >= 15 is 0 Å². The molecule has 0 heterocycles. The first kappa shape index (κ1) is 14.5. The van der Waals surface area contributed by atoms with Crippen LogP contribution in [0, 0.1) is 0 Å². The van der Waals surface area contributed by atoms with Crippen molar-refractivity contribution in [3.8, 4) is 0 Å². The highest BCUT2D eigenvalue weighted by Gasteiger charge is 2.09. The Morgan fingerprint density at radius 2 is 2.11 bits per heavy atom. The highest BCUT2D eigenvalue weighted by atomic mass is 35.5. The molecule has 0 aliphatic carbocycles. The molecular weight excluding hydrogens is 252 g/mol. The molecule has 5 heteroatoms. The van der Waals surface area contributed by atoms with Crippen LogP contribution in [0.3, 0.4) is 0 Å². The topological polar surface area (TPSA) is 49.4 Å². The van der Waals surface area contributed by atoms with Gasteiger partial charge in [0.1, 0.15) is 5.38 Å². The lowest BCUT2D eigenvalue weighted by Gasteiger charge is -2.15. The molecule has 0 fully saturated rings. The fraction of sp³-hybridized carbons (Fsp3) is 0.385. The first-order valence-electron chi connectivity index (χ1n) is 5.65. The van der Waals surface area contributed by atoms with Gasteiger partial charge in [0.2, 0.25) is 11.8 Å². The maximum Gasteiger partial charge on any atom is 0.242 e. The lowest BCUT2D eigenvalue weighted by Crippen LogP contribution is -2.23. The van der Waals surface area contributed by atoms with Crippen molar-refractivity contribution >= 4 is 29.1 Å². The van der Waals surface area contributed by atoms with Crippen LogP contribution in [0.4, 0.5) is 5.69 Å². The Balaban J connectivity index is 2.73. The third-order valence-electron chi connectivity index (χ3n) is 2.51. The second-order valence-corrected chi connectivity index (χ2v) is 4.84. The largest absolute Gasteiger partial charge is 0.342 e. The van der Waals surface area contributed by atoms with Crippen molar-refractivity contribution in [3.05, 3.63) is 29.8 Å². The fourth-order valence-corrected chi connectivity index (χ4v) is 1.43. The zero-order chi connectivity index (χ0) is 13.7. The minimum Gasteiger partial charge on any atom is -0.342 e. The predicted octanol–water partition coefficient (Wildman–Crippen LogP) is 2.23. The number of benzene rings is 1. The molecule has 1 aromatic carbocycles. The Morgan fingerprint density at radius 3 is 2.67 bits per heavy atom. The fourth-order valence-electron chi connectivity index (χ4n) is 1.37. The molecule has 1 N–H and O–H groups in total. The number of halogens is 1. The zero-order valence-electron chi connectivity index (χ0n) is 10.7. The van der Waals surface area contributed by atoms with Crippen molar-refractivity contribution in [1.82, 2.24) is 4.90 Å². The summed E-state index contributed by atoms with van der Waals surface area (Å²) in [5.41, 5.74) is 1.63. The third kappa shape index (κ3) is 4.37. The third-order valence-corrected chi connectivity index (χ3v) is 2.71. The average molecular weight is 269 g/mol. The van der Waals surface area contributed by atoms with Gasteiger partial charge >= 0.3 is 0 Å². The molecule has 2 amide bonds. The van der Waals surface area contributed by atoms with Crippen molar-refractivity contribution in [2.75, 3.05) is 12.4 Å². The van der Waals surface area contributed by atoms with Gasteiger partial charge in [0.15, 0.2) is 0 Å². The number of anilines is 1. The molecule has 0 spiro atoms. The molecule has 0 radical (unpaired) electrons. The summed E-state index contributed by atoms with van der Waals surface area (Å²) in [7, 11) is 1.73. The van der Waals surface area contributed by atoms with E-state index < -0.39 is 5.38 Å². The summed E-state index contributed by atoms with van der Waals surface area (Å²) >= 11 is 5.68. The maximum atomic E-state index is 11.4. The molecule has 0 saturated heterocycles. The molecular formula is C13H17ClN2O2. The quantitative estimate of drug-likeness (QED) is 0.852. The minimum atomic E-state index is -0.575. The van der Waals surface area contributed by atoms with E-state index in [1.165, 1.54) is 6.92 Å². The van der Waals surface area contributed by atoms with Crippen LogP contribution < -0.4 is 5.32 Å². The standard InChI is InChI=1S/C13H17ClN2O2/c1-9(14)13(18)15-12-6-4-5-11(7-12)8-16(3)10(2)17/h4-7,9H,8H2,1-3H3,(H,15,18). The summed E-state index contributed by atoms with van der Waals surface area (Å²) in [6, 6.07) is 7.35. The number of hydrogen-bond donors (Lipinski definition) is 1. The van der Waals surface area contributed by atoms with Crippen molar-refractivity contribution in [2.24, 2.45) is 0 Å². The summed E-state index contributed by atoms with van der Waals surface area (Å²) in [5.74, 6) is -0.243. The van der Waals surface area contributed by atoms with Crippen LogP contribution in [0.15, 0.2) is 24.3 Å². The number of carbonyl (C=O) groups excluding carboxylic acids is 2. The van der Waals surface area contributed by atoms with Crippen LogP contribution in [-0.2, 0) is 16.1 Å². The highest BCUT2D eigenvalue weighted by Crippen LogP contribution is 2.13. The van der Waals surface area contributed by atoms with E-state index in [1.54, 1.807) is 24.9 Å². The van der Waals surface area contributed by atoms with Gasteiger partial charge in [0.25, 0.3) is 0 Å². The molecule has 18 heavy (non-hydrogen) atoms. The van der Waals surface area contributed by atoms with Gasteiger partial charge in [-0.3, -0.25) is 9.59 Å². The highest BCUT2D eigenvalue weighted by molar-refractivity contribution is 6.32. The normalized spacial score (nSPS) is 11.8. The zero-order valence-corrected chi connectivity index (χ0v) is 11.5. The number of alkyl halides is 1. The van der Waals surface area contributed by atoms with Crippen LogP contribution in [0.25, 0.3) is 0 Å². The van der Waals surface area contributed by atoms with E-state index in [-0.39, 0.29) is 11.8 Å². The van der Waals surface area contributed by atoms with Crippen LogP contribution in [0.2, 0.25) is 0 Å². The number of rotatable bonds is 4. The smallest absolute Gasteiger partial charge is 0.242 e. The Kier molecular flexibility index (Phi) is 5.16.